The standard InChI is InChI=1S/C20H22O.C19H24O.C18H21ClO.C17H20ClNO.C16H18ClNO.C12H13F/c1-6-17-13-18(20(3,4)5)10-11-19(17)21-14-16-9-7-8-15(2)12-16;1-14-7-6-8-16(11-14)13-20-18-10-9-17(12-15(18)2)19(3,4)5;1-13-6-5-7-14(10-13)12-20-17-9-8-15(11-16(17)19)18(2,3)4;1-12-6-5-7-14(19-12)11-20-16-9-8-13(10-15(16)18)17(2,3)4;1-16(2,3)12-7-8-15(14(17)10-12)19-11-13-6-4-5-9-18-13;1-5-9-8-10(12(2,3)4)6-7-11(9)13/h1,7-13H,14H2,2-5H3;6-12H,13H2,1-5H3;5-11H,12H2,1-4H3;5-10H,11H2,1-4H3;4-10H,11H2,1-3H3;1,6-8H,2-4H3. The van der Waals surface area contributed by atoms with E-state index in [-0.39, 0.29) is 38.3 Å². The number of nitrogens with zero attached hydrogens (tertiary/aromatic N) is 2. The zero-order valence-corrected chi connectivity index (χ0v) is 73.3. The number of rotatable bonds is 15. The summed E-state index contributed by atoms with van der Waals surface area (Å²) in [7, 11) is 0. The lowest BCUT2D eigenvalue weighted by atomic mass is 9.86. The van der Waals surface area contributed by atoms with Gasteiger partial charge in [0.1, 0.15) is 67.6 Å². The lowest BCUT2D eigenvalue weighted by molar-refractivity contribution is 0.301. The van der Waals surface area contributed by atoms with Gasteiger partial charge < -0.3 is 23.7 Å². The summed E-state index contributed by atoms with van der Waals surface area (Å²) in [4.78, 5) is 8.62. The molecule has 594 valence electrons. The predicted octanol–water partition coefficient (Wildman–Crippen LogP) is 28.2. The van der Waals surface area contributed by atoms with Gasteiger partial charge in [-0.2, -0.15) is 0 Å². The van der Waals surface area contributed by atoms with Crippen molar-refractivity contribution in [3.8, 4) is 53.4 Å². The number of halogens is 4. The van der Waals surface area contributed by atoms with Gasteiger partial charge in [0.15, 0.2) is 0 Å². The van der Waals surface area contributed by atoms with Gasteiger partial charge in [0.2, 0.25) is 0 Å². The molecule has 0 saturated heterocycles. The average Bonchev–Trinajstić information content (AvgIpc) is 0.850. The second kappa shape index (κ2) is 41.8. The fourth-order valence-electron chi connectivity index (χ4n) is 11.2. The Balaban J connectivity index is 0.000000212. The fraction of sp³-hybridized carbons (Fsp3) is 0.333. The Morgan fingerprint density at radius 2 is 0.637 bits per heavy atom. The van der Waals surface area contributed by atoms with E-state index in [9.17, 15) is 4.39 Å². The molecule has 2 heterocycles. The fourth-order valence-corrected chi connectivity index (χ4v) is 11.9. The first-order chi connectivity index (χ1) is 52.9. The Labute approximate surface area is 692 Å². The summed E-state index contributed by atoms with van der Waals surface area (Å²) in [5, 5.41) is 1.96. The molecule has 9 aromatic carbocycles. The monoisotopic (exact) mass is 1570 g/mol. The van der Waals surface area contributed by atoms with Crippen LogP contribution in [0.1, 0.15) is 225 Å². The Bertz CT molecular complexity index is 4710. The van der Waals surface area contributed by atoms with Crippen LogP contribution >= 0.6 is 34.8 Å². The zero-order chi connectivity index (χ0) is 83.7. The molecule has 2 aromatic heterocycles. The molecular weight excluding hydrogens is 1460 g/mol. The number of aryl methyl sites for hydroxylation is 5. The molecule has 0 saturated carbocycles. The number of pyridine rings is 2. The molecule has 0 N–H and O–H groups in total. The summed E-state index contributed by atoms with van der Waals surface area (Å²) in [6.07, 6.45) is 12.6. The molecule has 0 amide bonds. The smallest absolute Gasteiger partial charge is 0.138 e. The van der Waals surface area contributed by atoms with Gasteiger partial charge in [0.05, 0.1) is 37.6 Å². The minimum absolute atomic E-state index is 0.0132. The van der Waals surface area contributed by atoms with Gasteiger partial charge in [-0.15, -0.1) is 12.8 Å². The summed E-state index contributed by atoms with van der Waals surface area (Å²) < 4.78 is 42.1. The van der Waals surface area contributed by atoms with Crippen LogP contribution in [-0.2, 0) is 65.5 Å². The molecule has 0 aliphatic heterocycles. The Hall–Kier alpha value is -9.80. The van der Waals surface area contributed by atoms with Crippen molar-refractivity contribution in [1.82, 2.24) is 9.97 Å². The zero-order valence-electron chi connectivity index (χ0n) is 71.0. The first-order valence-corrected chi connectivity index (χ1v) is 39.6. The average molecular weight is 1580 g/mol. The lowest BCUT2D eigenvalue weighted by Gasteiger charge is -2.20. The van der Waals surface area contributed by atoms with Crippen LogP contribution in [0.25, 0.3) is 0 Å². The number of hydrogen-bond donors (Lipinski definition) is 0. The van der Waals surface area contributed by atoms with E-state index < -0.39 is 0 Å². The minimum atomic E-state index is -0.324. The molecule has 0 aliphatic rings. The Morgan fingerprint density at radius 1 is 0.319 bits per heavy atom. The molecule has 0 bridgehead atoms. The van der Waals surface area contributed by atoms with Crippen LogP contribution in [0.3, 0.4) is 0 Å². The van der Waals surface area contributed by atoms with Gasteiger partial charge in [-0.25, -0.2) is 4.39 Å². The molecule has 0 unspecified atom stereocenters. The SMILES string of the molecule is C#Cc1cc(C(C)(C)C)ccc1F.C#Cc1cc(C(C)(C)C)ccc1OCc1cccc(C)c1.CC(C)(C)c1ccc(OCc2ccccn2)c(Cl)c1.Cc1cccc(COc2ccc(C(C)(C)C)cc2C)c1.Cc1cccc(COc2ccc(C(C)(C)C)cc2Cl)c1.Cc1cccc(COc2ccc(C(C)(C)C)cc2Cl)n1. The summed E-state index contributed by atoms with van der Waals surface area (Å²) in [6.45, 7) is 51.8. The highest BCUT2D eigenvalue weighted by Gasteiger charge is 2.21. The van der Waals surface area contributed by atoms with E-state index in [2.05, 4.69) is 277 Å². The van der Waals surface area contributed by atoms with Gasteiger partial charge in [-0.05, 0) is 214 Å². The normalized spacial score (nSPS) is 11.3. The minimum Gasteiger partial charge on any atom is -0.489 e. The third-order valence-electron chi connectivity index (χ3n) is 18.3. The molecule has 7 nitrogen and oxygen atoms in total. The van der Waals surface area contributed by atoms with Crippen LogP contribution in [0.5, 0.6) is 28.7 Å². The van der Waals surface area contributed by atoms with Gasteiger partial charge >= 0.3 is 0 Å². The molecule has 0 fully saturated rings. The number of benzene rings is 9. The van der Waals surface area contributed by atoms with Crippen molar-refractivity contribution in [1.29, 1.82) is 0 Å². The highest BCUT2D eigenvalue weighted by molar-refractivity contribution is 6.32. The van der Waals surface area contributed by atoms with Crippen LogP contribution in [0.4, 0.5) is 4.39 Å². The van der Waals surface area contributed by atoms with Gasteiger partial charge in [0, 0.05) is 11.9 Å². The van der Waals surface area contributed by atoms with Crippen molar-refractivity contribution in [3.05, 3.63) is 346 Å². The molecule has 0 spiro atoms. The van der Waals surface area contributed by atoms with Crippen molar-refractivity contribution in [2.45, 2.75) is 225 Å². The molecule has 11 aromatic rings. The number of hydrogen-bond acceptors (Lipinski definition) is 7. The second-order valence-corrected chi connectivity index (χ2v) is 35.8. The van der Waals surface area contributed by atoms with Crippen molar-refractivity contribution in [2.75, 3.05) is 0 Å². The summed E-state index contributed by atoms with van der Waals surface area (Å²) in [6, 6.07) is 72.2. The van der Waals surface area contributed by atoms with Crippen molar-refractivity contribution >= 4 is 34.8 Å². The number of ether oxygens (including phenoxy) is 5. The lowest BCUT2D eigenvalue weighted by Crippen LogP contribution is -2.11. The second-order valence-electron chi connectivity index (χ2n) is 34.6. The van der Waals surface area contributed by atoms with E-state index in [4.69, 9.17) is 71.3 Å². The van der Waals surface area contributed by atoms with Crippen molar-refractivity contribution in [2.24, 2.45) is 0 Å². The van der Waals surface area contributed by atoms with E-state index in [1.807, 2.05) is 104 Å². The first-order valence-electron chi connectivity index (χ1n) is 38.4. The first kappa shape index (κ1) is 92.1. The highest BCUT2D eigenvalue weighted by atomic mass is 35.5. The third-order valence-corrected chi connectivity index (χ3v) is 19.2. The summed E-state index contributed by atoms with van der Waals surface area (Å²) in [5.41, 5.74) is 20.2. The van der Waals surface area contributed by atoms with Crippen molar-refractivity contribution < 1.29 is 28.1 Å². The van der Waals surface area contributed by atoms with Gasteiger partial charge in [-0.1, -0.05) is 315 Å². The Morgan fingerprint density at radius 3 is 0.991 bits per heavy atom. The topological polar surface area (TPSA) is 71.9 Å². The van der Waals surface area contributed by atoms with Crippen LogP contribution in [0.2, 0.25) is 15.1 Å². The Kier molecular flexibility index (Phi) is 34.1. The maximum absolute atomic E-state index is 13.0. The predicted molar refractivity (Wildman–Crippen MR) is 475 cm³/mol. The number of aromatic nitrogens is 2. The third kappa shape index (κ3) is 31.3. The maximum atomic E-state index is 13.0. The van der Waals surface area contributed by atoms with Crippen molar-refractivity contribution in [3.63, 3.8) is 0 Å². The molecule has 11 rings (SSSR count). The van der Waals surface area contributed by atoms with Crippen LogP contribution in [-0.4, -0.2) is 9.97 Å². The van der Waals surface area contributed by atoms with E-state index in [1.54, 1.807) is 18.3 Å². The van der Waals surface area contributed by atoms with E-state index in [0.717, 1.165) is 56.6 Å². The van der Waals surface area contributed by atoms with E-state index >= 15 is 0 Å². The molecule has 0 radical (unpaired) electrons. The van der Waals surface area contributed by atoms with E-state index in [1.165, 1.54) is 61.7 Å². The van der Waals surface area contributed by atoms with Gasteiger partial charge in [0.25, 0.3) is 0 Å². The van der Waals surface area contributed by atoms with E-state index in [0.29, 0.717) is 65.2 Å². The number of terminal acetylenes is 2. The molecule has 11 heteroatoms. The molecule has 113 heavy (non-hydrogen) atoms. The summed E-state index contributed by atoms with van der Waals surface area (Å²) >= 11 is 18.9. The quantitative estimate of drug-likeness (QED) is 0.0947. The molecular formula is C102H118Cl3FN2O5. The largest absolute Gasteiger partial charge is 0.489 e. The molecule has 0 atom stereocenters. The molecule has 0 aliphatic carbocycles. The van der Waals surface area contributed by atoms with Crippen LogP contribution in [0, 0.1) is 65.1 Å². The summed E-state index contributed by atoms with van der Waals surface area (Å²) in [5.74, 6) is 8.61. The maximum Gasteiger partial charge on any atom is 0.138 e. The van der Waals surface area contributed by atoms with Crippen LogP contribution < -0.4 is 23.7 Å². The highest BCUT2D eigenvalue weighted by Crippen LogP contribution is 2.36. The van der Waals surface area contributed by atoms with Crippen LogP contribution in [0.15, 0.2) is 225 Å². The van der Waals surface area contributed by atoms with Gasteiger partial charge in [-0.3, -0.25) is 9.97 Å².